The molecule has 0 aliphatic carbocycles. The average molecular weight is 227 g/mol. The number of aromatic amines is 1. The van der Waals surface area contributed by atoms with Gasteiger partial charge >= 0.3 is 0 Å². The van der Waals surface area contributed by atoms with Gasteiger partial charge in [-0.05, 0) is 18.2 Å². The van der Waals surface area contributed by atoms with Crippen LogP contribution in [0.4, 0.5) is 5.69 Å². The topological polar surface area (TPSA) is 127 Å². The van der Waals surface area contributed by atoms with Crippen molar-refractivity contribution in [3.8, 4) is 6.07 Å². The number of anilines is 1. The van der Waals surface area contributed by atoms with Crippen LogP contribution >= 0.6 is 0 Å². The van der Waals surface area contributed by atoms with Gasteiger partial charge in [-0.1, -0.05) is 0 Å². The first kappa shape index (κ1) is 10.6. The summed E-state index contributed by atoms with van der Waals surface area (Å²) in [5.74, 6) is -0.371. The highest BCUT2D eigenvalue weighted by Crippen LogP contribution is 2.16. The molecule has 0 aliphatic rings. The van der Waals surface area contributed by atoms with Crippen LogP contribution in [0.2, 0.25) is 0 Å². The Morgan fingerprint density at radius 3 is 3.12 bits per heavy atom. The van der Waals surface area contributed by atoms with E-state index in [1.54, 1.807) is 18.3 Å². The summed E-state index contributed by atoms with van der Waals surface area (Å²) in [4.78, 5) is 0. The second kappa shape index (κ2) is 4.32. The van der Waals surface area contributed by atoms with Crippen molar-refractivity contribution in [1.82, 2.24) is 10.2 Å². The Kier molecular flexibility index (Phi) is 2.70. The molecule has 0 saturated carbocycles. The highest BCUT2D eigenvalue weighted by atomic mass is 15.3. The van der Waals surface area contributed by atoms with Gasteiger partial charge in [0.25, 0.3) is 0 Å². The lowest BCUT2D eigenvalue weighted by atomic mass is 10.2. The zero-order chi connectivity index (χ0) is 12.3. The van der Waals surface area contributed by atoms with Gasteiger partial charge in [-0.15, -0.1) is 0 Å². The number of amidine groups is 1. The minimum Gasteiger partial charge on any atom is -0.382 e. The fourth-order valence-corrected chi connectivity index (χ4v) is 1.28. The summed E-state index contributed by atoms with van der Waals surface area (Å²) >= 11 is 0. The maximum absolute atomic E-state index is 8.66. The molecule has 0 bridgehead atoms. The molecule has 7 heteroatoms. The summed E-state index contributed by atoms with van der Waals surface area (Å²) in [6.07, 6.45) is 1.68. The van der Waals surface area contributed by atoms with Crippen LogP contribution < -0.4 is 11.2 Å². The molecule has 5 N–H and O–H groups in total. The molecule has 0 amide bonds. The molecule has 0 aliphatic heterocycles. The molecule has 7 nitrogen and oxygen atoms in total. The van der Waals surface area contributed by atoms with Crippen LogP contribution in [-0.2, 0) is 0 Å². The van der Waals surface area contributed by atoms with Crippen LogP contribution in [0.3, 0.4) is 0 Å². The summed E-state index contributed by atoms with van der Waals surface area (Å²) < 4.78 is 0. The van der Waals surface area contributed by atoms with Gasteiger partial charge in [-0.3, -0.25) is 15.9 Å². The summed E-state index contributed by atoms with van der Waals surface area (Å²) in [5, 5.41) is 27.1. The summed E-state index contributed by atoms with van der Waals surface area (Å²) in [6.45, 7) is 0. The Hall–Kier alpha value is -2.88. The average Bonchev–Trinajstić information content (AvgIpc) is 2.76. The number of rotatable bonds is 3. The number of fused-ring (bicyclic) bond motifs is 1. The Bertz CT molecular complexity index is 631. The smallest absolute Gasteiger partial charge is 0.201 e. The van der Waals surface area contributed by atoms with Crippen molar-refractivity contribution >= 4 is 28.1 Å². The molecule has 2 aromatic rings. The molecule has 1 aromatic carbocycles. The van der Waals surface area contributed by atoms with Crippen LogP contribution in [0.1, 0.15) is 0 Å². The van der Waals surface area contributed by atoms with Crippen LogP contribution in [0.15, 0.2) is 29.5 Å². The van der Waals surface area contributed by atoms with E-state index in [4.69, 9.17) is 16.4 Å². The Labute approximate surface area is 96.4 Å². The lowest BCUT2D eigenvalue weighted by Crippen LogP contribution is -2.21. The molecule has 0 spiro atoms. The largest absolute Gasteiger partial charge is 0.382 e. The summed E-state index contributed by atoms with van der Waals surface area (Å²) in [7, 11) is 0. The van der Waals surface area contributed by atoms with Gasteiger partial charge < -0.3 is 5.73 Å². The zero-order valence-electron chi connectivity index (χ0n) is 8.73. The Balaban J connectivity index is 2.24. The molecular formula is C10H9N7. The number of nitrogens with zero attached hydrogens (tertiary/aromatic N) is 3. The molecule has 0 unspecified atom stereocenters. The number of H-pyrrole nitrogens is 1. The molecule has 1 heterocycles. The number of nitriles is 1. The highest BCUT2D eigenvalue weighted by molar-refractivity contribution is 6.45. The predicted molar refractivity (Wildman–Crippen MR) is 64.7 cm³/mol. The van der Waals surface area contributed by atoms with E-state index in [9.17, 15) is 0 Å². The van der Waals surface area contributed by atoms with Gasteiger partial charge in [-0.2, -0.15) is 15.5 Å². The first-order chi connectivity index (χ1) is 8.20. The third-order valence-corrected chi connectivity index (χ3v) is 2.10. The fraction of sp³-hybridized carbons (Fsp3) is 0. The Morgan fingerprint density at radius 2 is 2.41 bits per heavy atom. The minimum atomic E-state index is -0.371. The molecule has 1 aromatic heterocycles. The molecule has 2 rings (SSSR count). The van der Waals surface area contributed by atoms with Crippen molar-refractivity contribution in [2.24, 2.45) is 10.8 Å². The quantitative estimate of drug-likeness (QED) is 0.351. The third kappa shape index (κ3) is 2.21. The van der Waals surface area contributed by atoms with E-state index in [2.05, 4.69) is 20.7 Å². The van der Waals surface area contributed by atoms with Crippen LogP contribution in [-0.4, -0.2) is 21.7 Å². The van der Waals surface area contributed by atoms with Gasteiger partial charge in [0.2, 0.25) is 5.71 Å². The van der Waals surface area contributed by atoms with E-state index in [-0.39, 0.29) is 11.5 Å². The minimum absolute atomic E-state index is 0.155. The Morgan fingerprint density at radius 1 is 1.59 bits per heavy atom. The van der Waals surface area contributed by atoms with Crippen molar-refractivity contribution in [2.75, 3.05) is 5.43 Å². The van der Waals surface area contributed by atoms with Crippen LogP contribution in [0.25, 0.3) is 10.9 Å². The second-order valence-electron chi connectivity index (χ2n) is 3.27. The number of nitrogens with two attached hydrogens (primary N) is 1. The summed E-state index contributed by atoms with van der Waals surface area (Å²) in [6, 6.07) is 7.15. The lowest BCUT2D eigenvalue weighted by molar-refractivity contribution is 1.12. The third-order valence-electron chi connectivity index (χ3n) is 2.10. The number of nitrogens with one attached hydrogen (secondary N) is 3. The van der Waals surface area contributed by atoms with Crippen molar-refractivity contribution in [1.29, 1.82) is 10.7 Å². The van der Waals surface area contributed by atoms with Gasteiger partial charge in [0.15, 0.2) is 5.84 Å². The number of aromatic nitrogens is 2. The zero-order valence-corrected chi connectivity index (χ0v) is 8.73. The van der Waals surface area contributed by atoms with E-state index in [1.165, 1.54) is 0 Å². The maximum atomic E-state index is 8.66. The van der Waals surface area contributed by atoms with Gasteiger partial charge in [0.1, 0.15) is 6.07 Å². The van der Waals surface area contributed by atoms with E-state index in [0.29, 0.717) is 5.69 Å². The van der Waals surface area contributed by atoms with Crippen molar-refractivity contribution < 1.29 is 0 Å². The fourth-order valence-electron chi connectivity index (χ4n) is 1.28. The van der Waals surface area contributed by atoms with E-state index >= 15 is 0 Å². The maximum Gasteiger partial charge on any atom is 0.201 e. The normalized spacial score (nSPS) is 11.1. The van der Waals surface area contributed by atoms with E-state index < -0.39 is 0 Å². The van der Waals surface area contributed by atoms with Crippen LogP contribution in [0, 0.1) is 16.7 Å². The standard InChI is InChI=1S/C10H9N7/c11-4-9(10(12)13)17-15-7-1-2-8-6(3-7)5-14-16-8/h1-3,5,15H,(H3,12,13)(H,14,16)/b17-9+. The first-order valence-corrected chi connectivity index (χ1v) is 4.72. The highest BCUT2D eigenvalue weighted by Gasteiger charge is 2.01. The van der Waals surface area contributed by atoms with Crippen molar-refractivity contribution in [3.05, 3.63) is 24.4 Å². The molecule has 0 radical (unpaired) electrons. The monoisotopic (exact) mass is 227 g/mol. The predicted octanol–water partition coefficient (Wildman–Crippen LogP) is 0.790. The van der Waals surface area contributed by atoms with E-state index in [1.807, 2.05) is 12.1 Å². The number of hydrogen-bond donors (Lipinski definition) is 4. The second-order valence-corrected chi connectivity index (χ2v) is 3.27. The molecule has 0 saturated heterocycles. The number of benzene rings is 1. The summed E-state index contributed by atoms with van der Waals surface area (Å²) in [5.41, 5.74) is 9.26. The van der Waals surface area contributed by atoms with Crippen molar-refractivity contribution in [3.63, 3.8) is 0 Å². The van der Waals surface area contributed by atoms with Gasteiger partial charge in [0, 0.05) is 5.39 Å². The van der Waals surface area contributed by atoms with Gasteiger partial charge in [-0.25, -0.2) is 0 Å². The van der Waals surface area contributed by atoms with E-state index in [0.717, 1.165) is 10.9 Å². The lowest BCUT2D eigenvalue weighted by Gasteiger charge is -2.00. The van der Waals surface area contributed by atoms with Crippen molar-refractivity contribution in [2.45, 2.75) is 0 Å². The molecule has 0 fully saturated rings. The molecular weight excluding hydrogens is 218 g/mol. The van der Waals surface area contributed by atoms with Crippen LogP contribution in [0.5, 0.6) is 0 Å². The number of hydrogen-bond acceptors (Lipinski definition) is 5. The van der Waals surface area contributed by atoms with Gasteiger partial charge in [0.05, 0.1) is 17.4 Å². The number of hydrazone groups is 1. The molecule has 0 atom stereocenters. The SMILES string of the molecule is N#C/C(=N\Nc1ccc2[nH]ncc2c1)C(=N)N. The molecule has 17 heavy (non-hydrogen) atoms. The molecule has 84 valence electrons. The first-order valence-electron chi connectivity index (χ1n) is 4.72.